The molecular formula is C16H15ClN8O6S3. The average molecular weight is 547 g/mol. The van der Waals surface area contributed by atoms with Crippen LogP contribution in [-0.4, -0.2) is 87.4 Å². The number of aromatic nitrogens is 5. The number of tetrazole rings is 1. The van der Waals surface area contributed by atoms with E-state index in [9.17, 15) is 29.4 Å². The number of halogens is 1. The molecule has 3 amide bonds. The van der Waals surface area contributed by atoms with E-state index in [0.717, 1.165) is 16.2 Å². The fraction of sp³-hybridized carbons (Fsp3) is 0.375. The van der Waals surface area contributed by atoms with Crippen molar-refractivity contribution in [3.63, 3.8) is 0 Å². The van der Waals surface area contributed by atoms with Crippen molar-refractivity contribution in [1.82, 2.24) is 35.4 Å². The molecule has 2 aromatic rings. The molecule has 0 aliphatic carbocycles. The zero-order chi connectivity index (χ0) is 24.6. The molecule has 180 valence electrons. The average Bonchev–Trinajstić information content (AvgIpc) is 3.39. The second kappa shape index (κ2) is 9.87. The van der Waals surface area contributed by atoms with Crippen molar-refractivity contribution in [1.29, 1.82) is 0 Å². The van der Waals surface area contributed by atoms with Crippen LogP contribution in [0.2, 0.25) is 4.34 Å². The molecular weight excluding hydrogens is 532 g/mol. The number of thioether (sulfide) groups is 2. The van der Waals surface area contributed by atoms with E-state index in [0.29, 0.717) is 16.5 Å². The van der Waals surface area contributed by atoms with Gasteiger partial charge >= 0.3 is 5.97 Å². The van der Waals surface area contributed by atoms with Gasteiger partial charge in [0.2, 0.25) is 11.6 Å². The van der Waals surface area contributed by atoms with Gasteiger partial charge in [0.15, 0.2) is 10.9 Å². The van der Waals surface area contributed by atoms with Gasteiger partial charge in [0.25, 0.3) is 11.8 Å². The summed E-state index contributed by atoms with van der Waals surface area (Å²) in [5.74, 6) is -2.22. The third kappa shape index (κ3) is 4.48. The predicted molar refractivity (Wildman–Crippen MR) is 119 cm³/mol. The number of amides is 3. The highest BCUT2D eigenvalue weighted by Crippen LogP contribution is 2.41. The lowest BCUT2D eigenvalue weighted by atomic mass is 10.0. The number of nitrogens with one attached hydrogen (secondary N) is 2. The molecule has 0 radical (unpaired) electrons. The molecule has 2 aliphatic heterocycles. The number of carboxylic acid groups (broad SMARTS) is 1. The maximum atomic E-state index is 12.8. The number of carboxylic acids is 1. The van der Waals surface area contributed by atoms with Crippen molar-refractivity contribution in [2.24, 2.45) is 12.0 Å². The SMILES string of the molecule is Cn1nnnc1SCC1=C(C(=O)O)N2C(=O)C(NC(=O)C(O)c3[nH]/c(=N/C=O)sc3Cl)[C@H]2SC1. The summed E-state index contributed by atoms with van der Waals surface area (Å²) in [5.41, 5.74) is 0.302. The van der Waals surface area contributed by atoms with Crippen molar-refractivity contribution in [2.75, 3.05) is 11.5 Å². The van der Waals surface area contributed by atoms with Crippen molar-refractivity contribution in [3.05, 3.63) is 26.1 Å². The van der Waals surface area contributed by atoms with E-state index in [1.807, 2.05) is 0 Å². The Morgan fingerprint density at radius 2 is 2.26 bits per heavy atom. The number of aliphatic carboxylic acids is 1. The topological polar surface area (TPSA) is 196 Å². The zero-order valence-electron chi connectivity index (χ0n) is 17.0. The van der Waals surface area contributed by atoms with Gasteiger partial charge in [0.1, 0.15) is 21.4 Å². The van der Waals surface area contributed by atoms with Crippen LogP contribution in [0.5, 0.6) is 0 Å². The monoisotopic (exact) mass is 546 g/mol. The first-order chi connectivity index (χ1) is 16.2. The molecule has 0 spiro atoms. The van der Waals surface area contributed by atoms with Crippen molar-refractivity contribution >= 4 is 70.7 Å². The number of aliphatic hydroxyl groups excluding tert-OH is 1. The molecule has 2 unspecified atom stereocenters. The van der Waals surface area contributed by atoms with E-state index in [-0.39, 0.29) is 32.7 Å². The number of carbonyl (C=O) groups is 4. The summed E-state index contributed by atoms with van der Waals surface area (Å²) in [6.07, 6.45) is -1.47. The third-order valence-electron chi connectivity index (χ3n) is 4.84. The summed E-state index contributed by atoms with van der Waals surface area (Å²) in [4.78, 5) is 55.1. The number of carbonyl (C=O) groups excluding carboxylic acids is 3. The molecule has 0 saturated carbocycles. The minimum Gasteiger partial charge on any atom is -0.477 e. The molecule has 4 heterocycles. The Labute approximate surface area is 207 Å². The summed E-state index contributed by atoms with van der Waals surface area (Å²) < 4.78 is 1.47. The number of rotatable bonds is 8. The molecule has 2 aromatic heterocycles. The Kier molecular flexibility index (Phi) is 7.08. The molecule has 4 N–H and O–H groups in total. The van der Waals surface area contributed by atoms with Gasteiger partial charge < -0.3 is 20.5 Å². The van der Waals surface area contributed by atoms with Crippen LogP contribution in [0.4, 0.5) is 0 Å². The third-order valence-corrected chi connectivity index (χ3v) is 8.51. The lowest BCUT2D eigenvalue weighted by Crippen LogP contribution is -2.70. The Morgan fingerprint density at radius 1 is 1.50 bits per heavy atom. The first-order valence-electron chi connectivity index (χ1n) is 9.32. The van der Waals surface area contributed by atoms with Crippen LogP contribution in [0.25, 0.3) is 0 Å². The molecule has 1 saturated heterocycles. The molecule has 14 nitrogen and oxygen atoms in total. The highest BCUT2D eigenvalue weighted by Gasteiger charge is 2.54. The van der Waals surface area contributed by atoms with E-state index in [1.165, 1.54) is 28.2 Å². The lowest BCUT2D eigenvalue weighted by Gasteiger charge is -2.49. The summed E-state index contributed by atoms with van der Waals surface area (Å²) in [7, 11) is 1.65. The van der Waals surface area contributed by atoms with Crippen LogP contribution >= 0.6 is 46.5 Å². The number of aromatic amines is 1. The normalized spacial score (nSPS) is 21.2. The zero-order valence-corrected chi connectivity index (χ0v) is 20.2. The molecule has 2 aliphatic rings. The lowest BCUT2D eigenvalue weighted by molar-refractivity contribution is -0.151. The minimum atomic E-state index is -1.75. The maximum absolute atomic E-state index is 12.8. The van der Waals surface area contributed by atoms with Crippen LogP contribution < -0.4 is 10.1 Å². The number of aliphatic hydroxyl groups is 1. The van der Waals surface area contributed by atoms with Gasteiger partial charge in [-0.1, -0.05) is 34.7 Å². The Morgan fingerprint density at radius 3 is 2.91 bits per heavy atom. The number of nitrogens with zero attached hydrogens (tertiary/aromatic N) is 6. The van der Waals surface area contributed by atoms with Gasteiger partial charge in [0, 0.05) is 18.6 Å². The largest absolute Gasteiger partial charge is 0.477 e. The molecule has 4 rings (SSSR count). The van der Waals surface area contributed by atoms with Gasteiger partial charge in [-0.05, 0) is 16.0 Å². The van der Waals surface area contributed by atoms with E-state index < -0.39 is 35.3 Å². The van der Waals surface area contributed by atoms with Crippen LogP contribution in [0.3, 0.4) is 0 Å². The number of hydrogen-bond acceptors (Lipinski definition) is 11. The number of aryl methyl sites for hydroxylation is 1. The number of hydrogen-bond donors (Lipinski definition) is 4. The summed E-state index contributed by atoms with van der Waals surface area (Å²) in [6, 6.07) is -1.03. The fourth-order valence-electron chi connectivity index (χ4n) is 3.26. The van der Waals surface area contributed by atoms with Crippen molar-refractivity contribution < 1.29 is 29.4 Å². The number of β-lactam (4-membered cyclic amide) rings is 1. The van der Waals surface area contributed by atoms with Crippen LogP contribution in [-0.2, 0) is 26.2 Å². The quantitative estimate of drug-likeness (QED) is 0.178. The highest BCUT2D eigenvalue weighted by atomic mass is 35.5. The van der Waals surface area contributed by atoms with E-state index in [1.54, 1.807) is 7.05 Å². The Bertz CT molecular complexity index is 1270. The van der Waals surface area contributed by atoms with Gasteiger partial charge in [-0.2, -0.15) is 4.99 Å². The molecule has 3 atom stereocenters. The van der Waals surface area contributed by atoms with Gasteiger partial charge in [0.05, 0.1) is 5.69 Å². The van der Waals surface area contributed by atoms with E-state index in [4.69, 9.17) is 11.6 Å². The number of H-pyrrole nitrogens is 1. The predicted octanol–water partition coefficient (Wildman–Crippen LogP) is -1.13. The summed E-state index contributed by atoms with van der Waals surface area (Å²) >= 11 is 9.38. The van der Waals surface area contributed by atoms with E-state index in [2.05, 4.69) is 30.8 Å². The van der Waals surface area contributed by atoms with Crippen LogP contribution in [0.1, 0.15) is 11.8 Å². The smallest absolute Gasteiger partial charge is 0.352 e. The van der Waals surface area contributed by atoms with Gasteiger partial charge in [-0.15, -0.1) is 16.9 Å². The number of thiazole rings is 1. The summed E-state index contributed by atoms with van der Waals surface area (Å²) in [6.45, 7) is 0. The minimum absolute atomic E-state index is 0.0215. The maximum Gasteiger partial charge on any atom is 0.352 e. The first-order valence-corrected chi connectivity index (χ1v) is 12.5. The van der Waals surface area contributed by atoms with Crippen LogP contribution in [0.15, 0.2) is 21.4 Å². The Hall–Kier alpha value is -2.73. The first kappa shape index (κ1) is 24.4. The van der Waals surface area contributed by atoms with Crippen molar-refractivity contribution in [2.45, 2.75) is 22.7 Å². The standard InChI is InChI=1S/C16H15ClN8O6S3/c1-24-16(21-22-23-24)33-3-5-2-32-13-7(12(29)25(13)8(5)14(30)31)19-11(28)9(27)6-10(17)34-15(20-6)18-4-26/h4,7,9,13,27H,2-3H2,1H3,(H,19,28)(H,30,31)(H,18,20,26)/t7?,9?,13-/m1/s1. The second-order valence-corrected chi connectivity index (χ2v) is 10.5. The number of fused-ring (bicyclic) bond motifs is 1. The fourth-order valence-corrected chi connectivity index (χ4v) is 6.67. The molecule has 34 heavy (non-hydrogen) atoms. The second-order valence-electron chi connectivity index (χ2n) is 6.88. The van der Waals surface area contributed by atoms with E-state index >= 15 is 0 Å². The van der Waals surface area contributed by atoms with Crippen molar-refractivity contribution in [3.8, 4) is 0 Å². The van der Waals surface area contributed by atoms with Crippen LogP contribution in [0, 0.1) is 0 Å². The molecule has 0 bridgehead atoms. The highest BCUT2D eigenvalue weighted by molar-refractivity contribution is 8.01. The van der Waals surface area contributed by atoms with Gasteiger partial charge in [-0.25, -0.2) is 9.48 Å². The molecule has 0 aromatic carbocycles. The summed E-state index contributed by atoms with van der Waals surface area (Å²) in [5, 5.41) is 33.5. The van der Waals surface area contributed by atoms with Gasteiger partial charge in [-0.3, -0.25) is 19.3 Å². The molecule has 18 heteroatoms. The molecule has 1 fully saturated rings. The Balaban J connectivity index is 1.47.